The Labute approximate surface area is 148 Å². The fourth-order valence-corrected chi connectivity index (χ4v) is 2.33. The summed E-state index contributed by atoms with van der Waals surface area (Å²) in [6, 6.07) is 12.8. The van der Waals surface area contributed by atoms with Gasteiger partial charge < -0.3 is 19.5 Å². The summed E-state index contributed by atoms with van der Waals surface area (Å²) in [6.07, 6.45) is 0.139. The lowest BCUT2D eigenvalue weighted by Gasteiger charge is -2.12. The van der Waals surface area contributed by atoms with Crippen molar-refractivity contribution in [3.8, 4) is 17.2 Å². The molecule has 0 aliphatic carbocycles. The zero-order valence-corrected chi connectivity index (χ0v) is 15.2. The van der Waals surface area contributed by atoms with Gasteiger partial charge in [-0.2, -0.15) is 0 Å². The molecule has 0 aliphatic rings. The number of methoxy groups -OCH3 is 1. The summed E-state index contributed by atoms with van der Waals surface area (Å²) in [5, 5.41) is 2.90. The molecule has 0 spiro atoms. The molecule has 25 heavy (non-hydrogen) atoms. The Bertz CT molecular complexity index is 695. The van der Waals surface area contributed by atoms with Crippen LogP contribution in [0, 0.1) is 0 Å². The van der Waals surface area contributed by atoms with Gasteiger partial charge in [-0.15, -0.1) is 0 Å². The van der Waals surface area contributed by atoms with Crippen LogP contribution in [-0.2, 0) is 6.54 Å². The molecule has 0 radical (unpaired) electrons. The van der Waals surface area contributed by atoms with Crippen LogP contribution in [-0.4, -0.2) is 25.7 Å². The third kappa shape index (κ3) is 5.41. The molecule has 0 unspecified atom stereocenters. The van der Waals surface area contributed by atoms with E-state index in [1.165, 1.54) is 0 Å². The molecular formula is C20H25NO4. The monoisotopic (exact) mass is 343 g/mol. The van der Waals surface area contributed by atoms with E-state index in [4.69, 9.17) is 14.2 Å². The summed E-state index contributed by atoms with van der Waals surface area (Å²) < 4.78 is 16.3. The first-order valence-electron chi connectivity index (χ1n) is 8.38. The fraction of sp³-hybridized carbons (Fsp3) is 0.350. The first-order chi connectivity index (χ1) is 12.0. The number of carbonyl (C=O) groups is 1. The number of carbonyl (C=O) groups excluding carboxylic acids is 1. The highest BCUT2D eigenvalue weighted by atomic mass is 16.5. The van der Waals surface area contributed by atoms with Gasteiger partial charge in [0.25, 0.3) is 5.91 Å². The van der Waals surface area contributed by atoms with Crippen LogP contribution in [0.25, 0.3) is 0 Å². The van der Waals surface area contributed by atoms with Gasteiger partial charge in [-0.05, 0) is 56.7 Å². The maximum atomic E-state index is 12.3. The SMILES string of the molecule is CCOc1ccc(C(=O)NCc2ccc(OC(C)C)cc2)cc1OC. The molecule has 0 fully saturated rings. The molecule has 0 heterocycles. The number of rotatable bonds is 8. The van der Waals surface area contributed by atoms with Crippen molar-refractivity contribution in [2.75, 3.05) is 13.7 Å². The Morgan fingerprint density at radius 3 is 2.40 bits per heavy atom. The number of benzene rings is 2. The lowest BCUT2D eigenvalue weighted by Crippen LogP contribution is -2.22. The molecular weight excluding hydrogens is 318 g/mol. The van der Waals surface area contributed by atoms with Crippen LogP contribution in [0.15, 0.2) is 42.5 Å². The fourth-order valence-electron chi connectivity index (χ4n) is 2.33. The normalized spacial score (nSPS) is 10.4. The van der Waals surface area contributed by atoms with Crippen LogP contribution in [0.3, 0.4) is 0 Å². The van der Waals surface area contributed by atoms with Crippen LogP contribution < -0.4 is 19.5 Å². The van der Waals surface area contributed by atoms with Crippen LogP contribution in [0.2, 0.25) is 0 Å². The second-order valence-corrected chi connectivity index (χ2v) is 5.79. The van der Waals surface area contributed by atoms with Gasteiger partial charge in [0.1, 0.15) is 5.75 Å². The molecule has 0 saturated heterocycles. The van der Waals surface area contributed by atoms with E-state index in [0.29, 0.717) is 30.2 Å². The highest BCUT2D eigenvalue weighted by molar-refractivity contribution is 5.94. The molecule has 2 aromatic rings. The highest BCUT2D eigenvalue weighted by Gasteiger charge is 2.11. The van der Waals surface area contributed by atoms with E-state index in [1.807, 2.05) is 45.0 Å². The van der Waals surface area contributed by atoms with Gasteiger partial charge in [-0.1, -0.05) is 12.1 Å². The van der Waals surface area contributed by atoms with Crippen molar-refractivity contribution in [1.82, 2.24) is 5.32 Å². The highest BCUT2D eigenvalue weighted by Crippen LogP contribution is 2.28. The van der Waals surface area contributed by atoms with E-state index in [1.54, 1.807) is 25.3 Å². The van der Waals surface area contributed by atoms with Gasteiger partial charge in [0, 0.05) is 12.1 Å². The molecule has 2 aromatic carbocycles. The Morgan fingerprint density at radius 2 is 1.80 bits per heavy atom. The minimum atomic E-state index is -0.163. The summed E-state index contributed by atoms with van der Waals surface area (Å²) in [7, 11) is 1.56. The van der Waals surface area contributed by atoms with Gasteiger partial charge in [0.15, 0.2) is 11.5 Å². The van der Waals surface area contributed by atoms with Gasteiger partial charge in [0.05, 0.1) is 19.8 Å². The van der Waals surface area contributed by atoms with E-state index in [-0.39, 0.29) is 12.0 Å². The van der Waals surface area contributed by atoms with Crippen molar-refractivity contribution >= 4 is 5.91 Å². The molecule has 1 amide bonds. The summed E-state index contributed by atoms with van der Waals surface area (Å²) >= 11 is 0. The summed E-state index contributed by atoms with van der Waals surface area (Å²) in [6.45, 7) is 6.85. The number of nitrogens with one attached hydrogen (secondary N) is 1. The van der Waals surface area contributed by atoms with Crippen molar-refractivity contribution in [2.45, 2.75) is 33.4 Å². The lowest BCUT2D eigenvalue weighted by atomic mass is 10.1. The second kappa shape index (κ2) is 8.97. The largest absolute Gasteiger partial charge is 0.493 e. The number of hydrogen-bond donors (Lipinski definition) is 1. The third-order valence-electron chi connectivity index (χ3n) is 3.47. The van der Waals surface area contributed by atoms with E-state index >= 15 is 0 Å². The van der Waals surface area contributed by atoms with Crippen molar-refractivity contribution in [2.24, 2.45) is 0 Å². The van der Waals surface area contributed by atoms with Crippen molar-refractivity contribution < 1.29 is 19.0 Å². The second-order valence-electron chi connectivity index (χ2n) is 5.79. The summed E-state index contributed by atoms with van der Waals surface area (Å²) in [5.74, 6) is 1.83. The minimum Gasteiger partial charge on any atom is -0.493 e. The predicted octanol–water partition coefficient (Wildman–Crippen LogP) is 3.81. The standard InChI is InChI=1S/C20H25NO4/c1-5-24-18-11-8-16(12-19(18)23-4)20(22)21-13-15-6-9-17(10-7-15)25-14(2)3/h6-12,14H,5,13H2,1-4H3,(H,21,22). The first kappa shape index (κ1) is 18.6. The van der Waals surface area contributed by atoms with E-state index < -0.39 is 0 Å². The van der Waals surface area contributed by atoms with Crippen LogP contribution in [0.1, 0.15) is 36.7 Å². The van der Waals surface area contributed by atoms with Gasteiger partial charge in [0.2, 0.25) is 0 Å². The van der Waals surface area contributed by atoms with Gasteiger partial charge in [-0.25, -0.2) is 0 Å². The zero-order valence-electron chi connectivity index (χ0n) is 15.2. The molecule has 134 valence electrons. The topological polar surface area (TPSA) is 56.8 Å². The van der Waals surface area contributed by atoms with Crippen LogP contribution >= 0.6 is 0 Å². The predicted molar refractivity (Wildman–Crippen MR) is 97.5 cm³/mol. The van der Waals surface area contributed by atoms with Crippen molar-refractivity contribution in [3.05, 3.63) is 53.6 Å². The van der Waals surface area contributed by atoms with Crippen LogP contribution in [0.4, 0.5) is 0 Å². The molecule has 0 bridgehead atoms. The maximum Gasteiger partial charge on any atom is 0.251 e. The van der Waals surface area contributed by atoms with E-state index in [0.717, 1.165) is 11.3 Å². The summed E-state index contributed by atoms with van der Waals surface area (Å²) in [4.78, 5) is 12.3. The number of hydrogen-bond acceptors (Lipinski definition) is 4. The quantitative estimate of drug-likeness (QED) is 0.792. The Kier molecular flexibility index (Phi) is 6.69. The molecule has 0 saturated carbocycles. The van der Waals surface area contributed by atoms with Crippen molar-refractivity contribution in [3.63, 3.8) is 0 Å². The lowest BCUT2D eigenvalue weighted by molar-refractivity contribution is 0.0950. The molecule has 5 nitrogen and oxygen atoms in total. The molecule has 5 heteroatoms. The summed E-state index contributed by atoms with van der Waals surface area (Å²) in [5.41, 5.74) is 1.53. The average Bonchev–Trinajstić information content (AvgIpc) is 2.61. The van der Waals surface area contributed by atoms with Gasteiger partial charge in [-0.3, -0.25) is 4.79 Å². The first-order valence-corrected chi connectivity index (χ1v) is 8.38. The van der Waals surface area contributed by atoms with Crippen molar-refractivity contribution in [1.29, 1.82) is 0 Å². The molecule has 0 atom stereocenters. The molecule has 2 rings (SSSR count). The Morgan fingerprint density at radius 1 is 1.08 bits per heavy atom. The molecule has 0 aliphatic heterocycles. The number of ether oxygens (including phenoxy) is 3. The maximum absolute atomic E-state index is 12.3. The minimum absolute atomic E-state index is 0.139. The third-order valence-corrected chi connectivity index (χ3v) is 3.47. The smallest absolute Gasteiger partial charge is 0.251 e. The van der Waals surface area contributed by atoms with Crippen LogP contribution in [0.5, 0.6) is 17.2 Å². The van der Waals surface area contributed by atoms with E-state index in [2.05, 4.69) is 5.32 Å². The molecule has 0 aromatic heterocycles. The van der Waals surface area contributed by atoms with E-state index in [9.17, 15) is 4.79 Å². The molecule has 1 N–H and O–H groups in total. The Hall–Kier alpha value is -2.69. The van der Waals surface area contributed by atoms with Gasteiger partial charge >= 0.3 is 0 Å². The average molecular weight is 343 g/mol. The Balaban J connectivity index is 1.97. The number of amides is 1. The zero-order chi connectivity index (χ0) is 18.2.